The molecule has 0 aliphatic carbocycles. The summed E-state index contributed by atoms with van der Waals surface area (Å²) in [6.07, 6.45) is 1.52. The second-order valence-electron chi connectivity index (χ2n) is 6.02. The van der Waals surface area contributed by atoms with Crippen LogP contribution in [0.5, 0.6) is 0 Å². The number of fused-ring (bicyclic) bond motifs is 1. The van der Waals surface area contributed by atoms with Crippen molar-refractivity contribution < 1.29 is 9.13 Å². The van der Waals surface area contributed by atoms with Crippen molar-refractivity contribution in [2.75, 3.05) is 24.6 Å². The van der Waals surface area contributed by atoms with Crippen LogP contribution >= 0.6 is 0 Å². The maximum absolute atomic E-state index is 13.7. The van der Waals surface area contributed by atoms with Gasteiger partial charge in [-0.2, -0.15) is 0 Å². The number of ether oxygens (including phenoxy) is 1. The van der Waals surface area contributed by atoms with Gasteiger partial charge in [0.2, 0.25) is 0 Å². The molecule has 4 nitrogen and oxygen atoms in total. The van der Waals surface area contributed by atoms with Crippen LogP contribution in [0.2, 0.25) is 0 Å². The molecule has 1 aliphatic heterocycles. The van der Waals surface area contributed by atoms with E-state index in [0.717, 1.165) is 23.3 Å². The summed E-state index contributed by atoms with van der Waals surface area (Å²) in [4.78, 5) is 10.8. The Labute approximate surface area is 139 Å². The first-order chi connectivity index (χ1) is 11.7. The summed E-state index contributed by atoms with van der Waals surface area (Å²) in [5, 5.41) is 0.739. The van der Waals surface area contributed by atoms with E-state index in [1.54, 1.807) is 6.07 Å². The Kier molecular flexibility index (Phi) is 3.86. The molecule has 4 rings (SSSR count). The minimum absolute atomic E-state index is 0.0153. The number of anilines is 1. The monoisotopic (exact) mass is 323 g/mol. The zero-order chi connectivity index (χ0) is 16.5. The number of rotatable bonds is 2. The van der Waals surface area contributed by atoms with Crippen molar-refractivity contribution in [3.05, 3.63) is 65.7 Å². The number of halogens is 1. The molecule has 0 saturated carbocycles. The Morgan fingerprint density at radius 1 is 1.17 bits per heavy atom. The quantitative estimate of drug-likeness (QED) is 0.721. The summed E-state index contributed by atoms with van der Waals surface area (Å²) >= 11 is 0. The molecule has 5 heteroatoms. The van der Waals surface area contributed by atoms with Gasteiger partial charge in [-0.15, -0.1) is 0 Å². The lowest BCUT2D eigenvalue weighted by atomic mass is 10.0. The van der Waals surface area contributed by atoms with E-state index in [-0.39, 0.29) is 11.9 Å². The largest absolute Gasteiger partial charge is 0.370 e. The number of hydrogen-bond donors (Lipinski definition) is 0. The lowest BCUT2D eigenvalue weighted by Gasteiger charge is -2.35. The van der Waals surface area contributed by atoms with Crippen molar-refractivity contribution in [3.63, 3.8) is 0 Å². The molecular formula is C19H18FN3O. The molecule has 1 aliphatic rings. The molecule has 1 unspecified atom stereocenters. The summed E-state index contributed by atoms with van der Waals surface area (Å²) in [6, 6.07) is 12.9. The predicted octanol–water partition coefficient (Wildman–Crippen LogP) is 3.66. The molecule has 0 amide bonds. The summed E-state index contributed by atoms with van der Waals surface area (Å²) in [7, 11) is 0. The van der Waals surface area contributed by atoms with Gasteiger partial charge in [-0.3, -0.25) is 0 Å². The second kappa shape index (κ2) is 6.17. The molecule has 0 bridgehead atoms. The first-order valence-electron chi connectivity index (χ1n) is 8.05. The van der Waals surface area contributed by atoms with Gasteiger partial charge in [0.15, 0.2) is 0 Å². The third kappa shape index (κ3) is 2.71. The van der Waals surface area contributed by atoms with E-state index in [1.165, 1.54) is 29.6 Å². The van der Waals surface area contributed by atoms with E-state index in [1.807, 2.05) is 12.1 Å². The average Bonchev–Trinajstić information content (AvgIpc) is 2.61. The molecule has 1 fully saturated rings. The third-order valence-electron chi connectivity index (χ3n) is 4.48. The van der Waals surface area contributed by atoms with Crippen LogP contribution in [0.1, 0.15) is 17.2 Å². The highest BCUT2D eigenvalue weighted by molar-refractivity contribution is 5.89. The van der Waals surface area contributed by atoms with Crippen LogP contribution in [0, 0.1) is 12.7 Å². The minimum atomic E-state index is -0.276. The van der Waals surface area contributed by atoms with Gasteiger partial charge in [-0.1, -0.05) is 24.3 Å². The predicted molar refractivity (Wildman–Crippen MR) is 91.6 cm³/mol. The summed E-state index contributed by atoms with van der Waals surface area (Å²) in [5.41, 5.74) is 3.15. The summed E-state index contributed by atoms with van der Waals surface area (Å²) in [6.45, 7) is 4.12. The Hall–Kier alpha value is -2.53. The van der Waals surface area contributed by atoms with Crippen molar-refractivity contribution in [2.24, 2.45) is 0 Å². The summed E-state index contributed by atoms with van der Waals surface area (Å²) < 4.78 is 19.7. The Balaban J connectivity index is 1.70. The van der Waals surface area contributed by atoms with Gasteiger partial charge in [-0.25, -0.2) is 14.4 Å². The average molecular weight is 323 g/mol. The van der Waals surface area contributed by atoms with Gasteiger partial charge in [-0.05, 0) is 36.2 Å². The van der Waals surface area contributed by atoms with E-state index >= 15 is 0 Å². The van der Waals surface area contributed by atoms with Gasteiger partial charge >= 0.3 is 0 Å². The van der Waals surface area contributed by atoms with Crippen molar-refractivity contribution >= 4 is 16.7 Å². The molecule has 122 valence electrons. The van der Waals surface area contributed by atoms with Crippen LogP contribution in [-0.2, 0) is 4.74 Å². The maximum atomic E-state index is 13.7. The molecule has 24 heavy (non-hydrogen) atoms. The van der Waals surface area contributed by atoms with E-state index in [2.05, 4.69) is 33.9 Å². The van der Waals surface area contributed by atoms with Gasteiger partial charge in [0.1, 0.15) is 24.1 Å². The number of aryl methyl sites for hydroxylation is 1. The Morgan fingerprint density at radius 2 is 2.04 bits per heavy atom. The minimum Gasteiger partial charge on any atom is -0.370 e. The summed E-state index contributed by atoms with van der Waals surface area (Å²) in [5.74, 6) is 0.489. The van der Waals surface area contributed by atoms with Crippen LogP contribution in [0.4, 0.5) is 10.2 Å². The first-order valence-corrected chi connectivity index (χ1v) is 8.05. The van der Waals surface area contributed by atoms with Crippen molar-refractivity contribution in [2.45, 2.75) is 13.0 Å². The van der Waals surface area contributed by atoms with Gasteiger partial charge in [0.05, 0.1) is 12.1 Å². The lowest BCUT2D eigenvalue weighted by Crippen LogP contribution is -2.39. The van der Waals surface area contributed by atoms with Crippen molar-refractivity contribution in [1.29, 1.82) is 0 Å². The highest BCUT2D eigenvalue weighted by atomic mass is 19.1. The van der Waals surface area contributed by atoms with Gasteiger partial charge in [0, 0.05) is 18.5 Å². The molecule has 1 saturated heterocycles. The van der Waals surface area contributed by atoms with Crippen LogP contribution < -0.4 is 4.90 Å². The molecule has 0 spiro atoms. The van der Waals surface area contributed by atoms with Crippen LogP contribution in [-0.4, -0.2) is 29.7 Å². The standard InChI is InChI=1S/C19H18FN3O/c1-13-4-2-3-5-15(13)18-11-23(8-9-24-18)19-16-10-14(20)6-7-17(16)21-12-22-19/h2-7,10,12,18H,8-9,11H2,1H3. The zero-order valence-electron chi connectivity index (χ0n) is 13.4. The third-order valence-corrected chi connectivity index (χ3v) is 4.48. The van der Waals surface area contributed by atoms with Gasteiger partial charge in [0.25, 0.3) is 0 Å². The molecule has 0 radical (unpaired) electrons. The fourth-order valence-corrected chi connectivity index (χ4v) is 3.25. The fraction of sp³-hybridized carbons (Fsp3) is 0.263. The van der Waals surface area contributed by atoms with E-state index in [0.29, 0.717) is 13.2 Å². The van der Waals surface area contributed by atoms with Crippen molar-refractivity contribution in [1.82, 2.24) is 9.97 Å². The maximum Gasteiger partial charge on any atom is 0.140 e. The number of aromatic nitrogens is 2. The highest BCUT2D eigenvalue weighted by Crippen LogP contribution is 2.30. The SMILES string of the molecule is Cc1ccccc1C1CN(c2ncnc3ccc(F)cc23)CCO1. The van der Waals surface area contributed by atoms with Gasteiger partial charge < -0.3 is 9.64 Å². The molecule has 3 aromatic rings. The molecule has 1 atom stereocenters. The number of hydrogen-bond acceptors (Lipinski definition) is 4. The lowest BCUT2D eigenvalue weighted by molar-refractivity contribution is 0.0392. The number of benzene rings is 2. The topological polar surface area (TPSA) is 38.2 Å². The number of morpholine rings is 1. The Morgan fingerprint density at radius 3 is 2.92 bits per heavy atom. The van der Waals surface area contributed by atoms with E-state index in [9.17, 15) is 4.39 Å². The smallest absolute Gasteiger partial charge is 0.140 e. The van der Waals surface area contributed by atoms with Crippen LogP contribution in [0.25, 0.3) is 10.9 Å². The van der Waals surface area contributed by atoms with E-state index in [4.69, 9.17) is 4.74 Å². The molecule has 2 aromatic carbocycles. The Bertz CT molecular complexity index is 883. The molecule has 0 N–H and O–H groups in total. The fourth-order valence-electron chi connectivity index (χ4n) is 3.25. The van der Waals surface area contributed by atoms with Crippen molar-refractivity contribution in [3.8, 4) is 0 Å². The zero-order valence-corrected chi connectivity index (χ0v) is 13.4. The number of nitrogens with zero attached hydrogens (tertiary/aromatic N) is 3. The molecular weight excluding hydrogens is 305 g/mol. The first kappa shape index (κ1) is 15.0. The normalized spacial score (nSPS) is 18.1. The van der Waals surface area contributed by atoms with Crippen LogP contribution in [0.15, 0.2) is 48.8 Å². The van der Waals surface area contributed by atoms with Crippen LogP contribution in [0.3, 0.4) is 0 Å². The molecule has 2 heterocycles. The highest BCUT2D eigenvalue weighted by Gasteiger charge is 2.25. The molecule has 1 aromatic heterocycles. The van der Waals surface area contributed by atoms with E-state index < -0.39 is 0 Å². The second-order valence-corrected chi connectivity index (χ2v) is 6.02.